The van der Waals surface area contributed by atoms with Gasteiger partial charge in [0.05, 0.1) is 18.5 Å². The molecule has 4 aliphatic rings. The third-order valence-electron chi connectivity index (χ3n) is 6.27. The minimum absolute atomic E-state index is 0.0545. The third kappa shape index (κ3) is 2.12. The second kappa shape index (κ2) is 5.07. The van der Waals surface area contributed by atoms with Gasteiger partial charge in [-0.25, -0.2) is 0 Å². The molecule has 1 aromatic rings. The Labute approximate surface area is 145 Å². The lowest BCUT2D eigenvalue weighted by Crippen LogP contribution is -2.51. The van der Waals surface area contributed by atoms with Gasteiger partial charge in [0, 0.05) is 24.9 Å². The number of nitrogens with one attached hydrogen (secondary N) is 1. The van der Waals surface area contributed by atoms with Gasteiger partial charge in [-0.15, -0.1) is 0 Å². The van der Waals surface area contributed by atoms with Crippen LogP contribution in [-0.4, -0.2) is 47.7 Å². The SMILES string of the molecule is O=C1CN(C(=O)[C@@H]2[C@H]3CC[C@@]4(CC(=O)c5ccccc5O4)[C@H]32)CCN1. The van der Waals surface area contributed by atoms with E-state index in [4.69, 9.17) is 4.74 Å². The fourth-order valence-corrected chi connectivity index (χ4v) is 5.14. The summed E-state index contributed by atoms with van der Waals surface area (Å²) in [5.41, 5.74) is 0.113. The lowest BCUT2D eigenvalue weighted by atomic mass is 9.84. The maximum absolute atomic E-state index is 12.9. The molecule has 4 atom stereocenters. The standard InChI is InChI=1S/C19H20N2O4/c22-13-9-19(25-14-4-2-1-3-11(13)14)6-5-12-16(17(12)19)18(24)21-8-7-20-15(23)10-21/h1-4,12,16-17H,5-10H2,(H,20,23)/t12-,16-,17-,19-/m1/s1. The van der Waals surface area contributed by atoms with Crippen LogP contribution in [0.4, 0.5) is 0 Å². The van der Waals surface area contributed by atoms with Crippen LogP contribution in [0.1, 0.15) is 29.6 Å². The number of benzene rings is 1. The summed E-state index contributed by atoms with van der Waals surface area (Å²) < 4.78 is 6.32. The van der Waals surface area contributed by atoms with Gasteiger partial charge in [-0.05, 0) is 30.9 Å². The summed E-state index contributed by atoms with van der Waals surface area (Å²) in [5, 5.41) is 2.75. The molecule has 2 saturated carbocycles. The third-order valence-corrected chi connectivity index (χ3v) is 6.27. The molecule has 0 aromatic heterocycles. The van der Waals surface area contributed by atoms with Gasteiger partial charge < -0.3 is 15.0 Å². The van der Waals surface area contributed by atoms with Gasteiger partial charge in [-0.1, -0.05) is 12.1 Å². The quantitative estimate of drug-likeness (QED) is 0.828. The number of carbonyl (C=O) groups excluding carboxylic acids is 3. The van der Waals surface area contributed by atoms with E-state index in [0.717, 1.165) is 12.8 Å². The zero-order valence-electron chi connectivity index (χ0n) is 13.9. The Morgan fingerprint density at radius 3 is 2.96 bits per heavy atom. The van der Waals surface area contributed by atoms with Gasteiger partial charge in [-0.3, -0.25) is 14.4 Å². The highest BCUT2D eigenvalue weighted by molar-refractivity contribution is 6.00. The van der Waals surface area contributed by atoms with Crippen molar-refractivity contribution in [2.75, 3.05) is 19.6 Å². The van der Waals surface area contributed by atoms with E-state index in [1.165, 1.54) is 0 Å². The van der Waals surface area contributed by atoms with Crippen molar-refractivity contribution in [2.24, 2.45) is 17.8 Å². The average Bonchev–Trinajstić information content (AvgIpc) is 3.25. The fraction of sp³-hybridized carbons (Fsp3) is 0.526. The Hall–Kier alpha value is -2.37. The topological polar surface area (TPSA) is 75.7 Å². The predicted molar refractivity (Wildman–Crippen MR) is 88.0 cm³/mol. The van der Waals surface area contributed by atoms with Crippen molar-refractivity contribution in [3.8, 4) is 5.75 Å². The summed E-state index contributed by atoms with van der Waals surface area (Å²) in [4.78, 5) is 38.7. The first-order valence-electron chi connectivity index (χ1n) is 8.96. The monoisotopic (exact) mass is 340 g/mol. The summed E-state index contributed by atoms with van der Waals surface area (Å²) in [7, 11) is 0. The van der Waals surface area contributed by atoms with E-state index in [9.17, 15) is 14.4 Å². The van der Waals surface area contributed by atoms with Crippen molar-refractivity contribution < 1.29 is 19.1 Å². The molecule has 1 spiro atoms. The van der Waals surface area contributed by atoms with Crippen LogP contribution < -0.4 is 10.1 Å². The van der Waals surface area contributed by atoms with Crippen LogP contribution in [0, 0.1) is 17.8 Å². The molecule has 6 nitrogen and oxygen atoms in total. The molecular weight excluding hydrogens is 320 g/mol. The van der Waals surface area contributed by atoms with Crippen molar-refractivity contribution in [3.63, 3.8) is 0 Å². The summed E-state index contributed by atoms with van der Waals surface area (Å²) in [6, 6.07) is 7.37. The average molecular weight is 340 g/mol. The van der Waals surface area contributed by atoms with Crippen molar-refractivity contribution in [1.29, 1.82) is 0 Å². The van der Waals surface area contributed by atoms with E-state index in [-0.39, 0.29) is 41.9 Å². The lowest BCUT2D eigenvalue weighted by Gasteiger charge is -2.37. The number of piperazine rings is 1. The van der Waals surface area contributed by atoms with Crippen LogP contribution >= 0.6 is 0 Å². The molecule has 130 valence electrons. The molecule has 2 aliphatic carbocycles. The Kier molecular flexibility index (Phi) is 3.03. The zero-order chi connectivity index (χ0) is 17.2. The normalized spacial score (nSPS) is 35.7. The van der Waals surface area contributed by atoms with Crippen molar-refractivity contribution in [1.82, 2.24) is 10.2 Å². The molecule has 0 unspecified atom stereocenters. The van der Waals surface area contributed by atoms with E-state index in [0.29, 0.717) is 30.8 Å². The molecule has 2 amide bonds. The minimum atomic E-state index is -0.533. The van der Waals surface area contributed by atoms with E-state index in [2.05, 4.69) is 5.32 Å². The number of Topliss-reactive ketones (excluding diaryl/α,β-unsaturated/α-hetero) is 1. The molecule has 0 bridgehead atoms. The first-order valence-corrected chi connectivity index (χ1v) is 8.96. The summed E-state index contributed by atoms with van der Waals surface area (Å²) >= 11 is 0. The largest absolute Gasteiger partial charge is 0.486 e. The molecule has 1 N–H and O–H groups in total. The van der Waals surface area contributed by atoms with Gasteiger partial charge in [0.25, 0.3) is 0 Å². The van der Waals surface area contributed by atoms with Crippen LogP contribution in [0.5, 0.6) is 5.75 Å². The number of fused-ring (bicyclic) bond motifs is 3. The Bertz CT molecular complexity index is 791. The predicted octanol–water partition coefficient (Wildman–Crippen LogP) is 1.00. The molecule has 2 heterocycles. The molecule has 1 saturated heterocycles. The number of hydrogen-bond donors (Lipinski definition) is 1. The van der Waals surface area contributed by atoms with Gasteiger partial charge in [0.1, 0.15) is 11.4 Å². The molecule has 5 rings (SSSR count). The highest BCUT2D eigenvalue weighted by Crippen LogP contribution is 2.66. The Balaban J connectivity index is 1.39. The number of amides is 2. The first-order chi connectivity index (χ1) is 12.1. The fourth-order valence-electron chi connectivity index (χ4n) is 5.14. The maximum atomic E-state index is 12.9. The van der Waals surface area contributed by atoms with Crippen LogP contribution in [-0.2, 0) is 9.59 Å². The van der Waals surface area contributed by atoms with Gasteiger partial charge in [0.15, 0.2) is 5.78 Å². The zero-order valence-corrected chi connectivity index (χ0v) is 13.9. The number of nitrogens with zero attached hydrogens (tertiary/aromatic N) is 1. The van der Waals surface area contributed by atoms with Crippen molar-refractivity contribution >= 4 is 17.6 Å². The molecule has 6 heteroatoms. The maximum Gasteiger partial charge on any atom is 0.239 e. The first kappa shape index (κ1) is 14.9. The Morgan fingerprint density at radius 1 is 1.28 bits per heavy atom. The van der Waals surface area contributed by atoms with E-state index in [1.54, 1.807) is 11.0 Å². The summed E-state index contributed by atoms with van der Waals surface area (Å²) in [6.07, 6.45) is 2.10. The van der Waals surface area contributed by atoms with Gasteiger partial charge in [-0.2, -0.15) is 0 Å². The molecule has 2 aliphatic heterocycles. The van der Waals surface area contributed by atoms with E-state index in [1.807, 2.05) is 18.2 Å². The van der Waals surface area contributed by atoms with Crippen LogP contribution in [0.15, 0.2) is 24.3 Å². The van der Waals surface area contributed by atoms with Gasteiger partial charge >= 0.3 is 0 Å². The molecule has 0 radical (unpaired) electrons. The number of carbonyl (C=O) groups is 3. The highest BCUT2D eigenvalue weighted by Gasteiger charge is 2.71. The van der Waals surface area contributed by atoms with E-state index >= 15 is 0 Å². The highest BCUT2D eigenvalue weighted by atomic mass is 16.5. The number of ether oxygens (including phenoxy) is 1. The van der Waals surface area contributed by atoms with Crippen LogP contribution in [0.2, 0.25) is 0 Å². The number of hydrogen-bond acceptors (Lipinski definition) is 4. The number of ketones is 1. The smallest absolute Gasteiger partial charge is 0.239 e. The van der Waals surface area contributed by atoms with Crippen LogP contribution in [0.3, 0.4) is 0 Å². The molecular formula is C19H20N2O4. The second-order valence-electron chi connectivity index (χ2n) is 7.63. The van der Waals surface area contributed by atoms with E-state index < -0.39 is 5.60 Å². The van der Waals surface area contributed by atoms with Gasteiger partial charge in [0.2, 0.25) is 11.8 Å². The summed E-state index contributed by atoms with van der Waals surface area (Å²) in [5.74, 6) is 1.00. The van der Waals surface area contributed by atoms with Crippen LogP contribution in [0.25, 0.3) is 0 Å². The second-order valence-corrected chi connectivity index (χ2v) is 7.63. The van der Waals surface area contributed by atoms with Crippen molar-refractivity contribution in [2.45, 2.75) is 24.9 Å². The number of rotatable bonds is 1. The molecule has 3 fully saturated rings. The minimum Gasteiger partial charge on any atom is -0.486 e. The molecule has 1 aromatic carbocycles. The lowest BCUT2D eigenvalue weighted by molar-refractivity contribution is -0.140. The summed E-state index contributed by atoms with van der Waals surface area (Å²) in [6.45, 7) is 1.22. The molecule has 25 heavy (non-hydrogen) atoms. The Morgan fingerprint density at radius 2 is 2.12 bits per heavy atom. The number of para-hydroxylation sites is 1. The van der Waals surface area contributed by atoms with Crippen molar-refractivity contribution in [3.05, 3.63) is 29.8 Å².